The van der Waals surface area contributed by atoms with E-state index in [1.165, 1.54) is 0 Å². The molecule has 0 aliphatic carbocycles. The summed E-state index contributed by atoms with van der Waals surface area (Å²) in [4.78, 5) is 17.2. The number of likely N-dealkylation sites (tertiary alicyclic amines) is 2. The van der Waals surface area contributed by atoms with Crippen LogP contribution in [0.15, 0.2) is 18.2 Å². The Balaban J connectivity index is 1.54. The van der Waals surface area contributed by atoms with E-state index in [1.54, 1.807) is 0 Å². The van der Waals surface area contributed by atoms with Gasteiger partial charge in [0.05, 0.1) is 10.7 Å². The minimum absolute atomic E-state index is 0.0545. The molecular weight excluding hydrogens is 488 g/mol. The first-order valence-electron chi connectivity index (χ1n) is 11.0. The van der Waals surface area contributed by atoms with Crippen LogP contribution in [0.5, 0.6) is 0 Å². The predicted molar refractivity (Wildman–Crippen MR) is 116 cm³/mol. The fraction of sp³-hybridized carbons (Fsp3) is 0.682. The molecule has 0 atom stereocenters. The SMILES string of the molecule is CCN(C)c1ccc(CN2CCC3(CCN(C(=O)OC(C(F)(F)F)C(F)(F)F)CC3)C2)cc1Cl. The Kier molecular flexibility index (Phi) is 7.86. The van der Waals surface area contributed by atoms with Gasteiger partial charge in [0, 0.05) is 39.8 Å². The summed E-state index contributed by atoms with van der Waals surface area (Å²) in [6, 6.07) is 5.94. The third kappa shape index (κ3) is 6.21. The number of carbonyl (C=O) groups excluding carboxylic acids is 1. The first-order chi connectivity index (χ1) is 15.7. The number of hydrogen-bond donors (Lipinski definition) is 0. The van der Waals surface area contributed by atoms with Crippen LogP contribution >= 0.6 is 11.6 Å². The Labute approximate surface area is 199 Å². The molecule has 2 aliphatic heterocycles. The molecule has 1 aromatic carbocycles. The lowest BCUT2D eigenvalue weighted by atomic mass is 9.78. The molecule has 5 nitrogen and oxygen atoms in total. The monoisotopic (exact) mass is 515 g/mol. The van der Waals surface area contributed by atoms with Crippen molar-refractivity contribution in [3.05, 3.63) is 28.8 Å². The van der Waals surface area contributed by atoms with Gasteiger partial charge in [-0.3, -0.25) is 4.90 Å². The van der Waals surface area contributed by atoms with Crippen molar-refractivity contribution in [2.75, 3.05) is 44.7 Å². The van der Waals surface area contributed by atoms with Gasteiger partial charge in [0.15, 0.2) is 0 Å². The van der Waals surface area contributed by atoms with E-state index in [1.807, 2.05) is 37.1 Å². The highest BCUT2D eigenvalue weighted by Gasteiger charge is 2.60. The largest absolute Gasteiger partial charge is 0.434 e. The Morgan fingerprint density at radius 2 is 1.71 bits per heavy atom. The van der Waals surface area contributed by atoms with Gasteiger partial charge in [-0.2, -0.15) is 26.3 Å². The summed E-state index contributed by atoms with van der Waals surface area (Å²) in [5.74, 6) is 0. The molecule has 2 saturated heterocycles. The van der Waals surface area contributed by atoms with Crippen LogP contribution in [-0.4, -0.2) is 74.1 Å². The van der Waals surface area contributed by atoms with Crippen molar-refractivity contribution in [2.24, 2.45) is 5.41 Å². The van der Waals surface area contributed by atoms with Crippen molar-refractivity contribution in [2.45, 2.75) is 51.2 Å². The molecule has 1 aromatic rings. The second kappa shape index (κ2) is 10.0. The summed E-state index contributed by atoms with van der Waals surface area (Å²) in [7, 11) is 1.96. The molecule has 2 aliphatic rings. The van der Waals surface area contributed by atoms with Crippen LogP contribution in [0.2, 0.25) is 5.02 Å². The topological polar surface area (TPSA) is 36.0 Å². The van der Waals surface area contributed by atoms with E-state index < -0.39 is 24.5 Å². The van der Waals surface area contributed by atoms with Crippen LogP contribution < -0.4 is 4.90 Å². The number of piperidine rings is 1. The smallest absolute Gasteiger partial charge is 0.426 e. The van der Waals surface area contributed by atoms with E-state index in [0.29, 0.717) is 24.4 Å². The number of rotatable bonds is 5. The van der Waals surface area contributed by atoms with Crippen molar-refractivity contribution in [1.29, 1.82) is 0 Å². The van der Waals surface area contributed by atoms with Crippen LogP contribution in [0, 0.1) is 5.41 Å². The Morgan fingerprint density at radius 3 is 2.24 bits per heavy atom. The minimum Gasteiger partial charge on any atom is -0.426 e. The molecule has 1 amide bonds. The van der Waals surface area contributed by atoms with E-state index in [0.717, 1.165) is 42.2 Å². The van der Waals surface area contributed by atoms with Gasteiger partial charge in [0.1, 0.15) is 0 Å². The van der Waals surface area contributed by atoms with Gasteiger partial charge in [0.2, 0.25) is 0 Å². The molecule has 0 N–H and O–H groups in total. The van der Waals surface area contributed by atoms with Crippen LogP contribution in [0.25, 0.3) is 0 Å². The Hall–Kier alpha value is -1.88. The molecule has 0 bridgehead atoms. The molecule has 0 unspecified atom stereocenters. The number of ether oxygens (including phenoxy) is 1. The second-order valence-electron chi connectivity index (χ2n) is 9.09. The zero-order valence-electron chi connectivity index (χ0n) is 19.0. The number of carbonyl (C=O) groups is 1. The fourth-order valence-electron chi connectivity index (χ4n) is 4.62. The maximum atomic E-state index is 12.7. The number of nitrogens with zero attached hydrogens (tertiary/aromatic N) is 3. The highest BCUT2D eigenvalue weighted by Crippen LogP contribution is 2.42. The molecule has 192 valence electrons. The van der Waals surface area contributed by atoms with Gasteiger partial charge in [-0.05, 0) is 55.8 Å². The van der Waals surface area contributed by atoms with Crippen molar-refractivity contribution < 1.29 is 35.9 Å². The van der Waals surface area contributed by atoms with Gasteiger partial charge in [-0.15, -0.1) is 0 Å². The summed E-state index contributed by atoms with van der Waals surface area (Å²) in [5.41, 5.74) is 1.88. The average Bonchev–Trinajstić information content (AvgIpc) is 3.12. The lowest BCUT2D eigenvalue weighted by molar-refractivity contribution is -0.308. The third-order valence-electron chi connectivity index (χ3n) is 6.72. The molecule has 1 spiro atoms. The van der Waals surface area contributed by atoms with Crippen molar-refractivity contribution in [3.63, 3.8) is 0 Å². The van der Waals surface area contributed by atoms with Crippen LogP contribution in [0.1, 0.15) is 31.7 Å². The summed E-state index contributed by atoms with van der Waals surface area (Å²) < 4.78 is 79.9. The first-order valence-corrected chi connectivity index (χ1v) is 11.4. The number of alkyl halides is 6. The van der Waals surface area contributed by atoms with Crippen molar-refractivity contribution in [1.82, 2.24) is 9.80 Å². The van der Waals surface area contributed by atoms with Gasteiger partial charge in [-0.25, -0.2) is 4.79 Å². The standard InChI is InChI=1S/C22H28ClF6N3O2/c1-3-30(2)17-5-4-15(12-16(17)23)13-31-9-6-20(14-31)7-10-32(11-8-20)19(33)34-18(21(24,25)26)22(27,28)29/h4-5,12,18H,3,6-11,13-14H2,1-2H3. The van der Waals surface area contributed by atoms with Gasteiger partial charge in [-0.1, -0.05) is 17.7 Å². The molecule has 0 aromatic heterocycles. The second-order valence-corrected chi connectivity index (χ2v) is 9.50. The predicted octanol–water partition coefficient (Wildman–Crippen LogP) is 5.71. The van der Waals surface area contributed by atoms with E-state index in [4.69, 9.17) is 11.6 Å². The summed E-state index contributed by atoms with van der Waals surface area (Å²) in [5, 5.41) is 0.665. The van der Waals surface area contributed by atoms with E-state index >= 15 is 0 Å². The zero-order chi connectivity index (χ0) is 25.3. The average molecular weight is 516 g/mol. The Morgan fingerprint density at radius 1 is 1.12 bits per heavy atom. The number of halogens is 7. The van der Waals surface area contributed by atoms with Crippen LogP contribution in [0.4, 0.5) is 36.8 Å². The van der Waals surface area contributed by atoms with Crippen LogP contribution in [-0.2, 0) is 11.3 Å². The number of hydrogen-bond acceptors (Lipinski definition) is 4. The van der Waals surface area contributed by atoms with Gasteiger partial charge >= 0.3 is 18.4 Å². The molecule has 0 radical (unpaired) electrons. The Bertz CT molecular complexity index is 857. The highest BCUT2D eigenvalue weighted by atomic mass is 35.5. The zero-order valence-corrected chi connectivity index (χ0v) is 19.7. The van der Waals surface area contributed by atoms with Gasteiger partial charge < -0.3 is 14.5 Å². The van der Waals surface area contributed by atoms with Crippen molar-refractivity contribution >= 4 is 23.4 Å². The number of benzene rings is 1. The number of amides is 1. The molecule has 3 rings (SSSR count). The lowest BCUT2D eigenvalue weighted by Crippen LogP contribution is -2.50. The quantitative estimate of drug-likeness (QED) is 0.470. The third-order valence-corrected chi connectivity index (χ3v) is 7.02. The van der Waals surface area contributed by atoms with E-state index in [-0.39, 0.29) is 18.5 Å². The maximum Gasteiger partial charge on any atom is 0.434 e. The fourth-order valence-corrected chi connectivity index (χ4v) is 4.96. The summed E-state index contributed by atoms with van der Waals surface area (Å²) >= 11 is 6.42. The maximum absolute atomic E-state index is 12.7. The molecular formula is C22H28ClF6N3O2. The first kappa shape index (κ1) is 26.7. The molecule has 34 heavy (non-hydrogen) atoms. The minimum atomic E-state index is -5.72. The highest BCUT2D eigenvalue weighted by molar-refractivity contribution is 6.33. The molecule has 2 fully saturated rings. The van der Waals surface area contributed by atoms with E-state index in [2.05, 4.69) is 9.64 Å². The summed E-state index contributed by atoms with van der Waals surface area (Å²) in [6.45, 7) is 5.19. The molecule has 2 heterocycles. The van der Waals surface area contributed by atoms with Gasteiger partial charge in [0.25, 0.3) is 6.10 Å². The summed E-state index contributed by atoms with van der Waals surface area (Å²) in [6.07, 6.45) is -15.3. The normalized spacial score (nSPS) is 19.2. The molecule has 12 heteroatoms. The van der Waals surface area contributed by atoms with Crippen molar-refractivity contribution in [3.8, 4) is 0 Å². The molecule has 0 saturated carbocycles. The lowest BCUT2D eigenvalue weighted by Gasteiger charge is -2.39. The van der Waals surface area contributed by atoms with Crippen LogP contribution in [0.3, 0.4) is 0 Å². The number of anilines is 1. The van der Waals surface area contributed by atoms with E-state index in [9.17, 15) is 31.1 Å².